The van der Waals surface area contributed by atoms with Crippen LogP contribution in [0.4, 0.5) is 8.78 Å². The molecular weight excluding hydrogens is 366 g/mol. The number of hydrogen-bond donors (Lipinski definition) is 0. The molecule has 0 radical (unpaired) electrons. The molecule has 154 valence electrons. The van der Waals surface area contributed by atoms with E-state index >= 15 is 0 Å². The van der Waals surface area contributed by atoms with Crippen molar-refractivity contribution in [2.75, 3.05) is 7.11 Å². The summed E-state index contributed by atoms with van der Waals surface area (Å²) in [6.07, 6.45) is 12.4. The first-order chi connectivity index (χ1) is 14.1. The molecular formula is C26H30F2O. The maximum absolute atomic E-state index is 14.4. The molecule has 0 N–H and O–H groups in total. The summed E-state index contributed by atoms with van der Waals surface area (Å²) in [6.45, 7) is 2.12. The number of allylic oxidation sites excluding steroid dienone is 2. The Labute approximate surface area is 172 Å². The highest BCUT2D eigenvalue weighted by Gasteiger charge is 2.35. The number of ether oxygens (including phenoxy) is 1. The van der Waals surface area contributed by atoms with Crippen LogP contribution in [0.15, 0.2) is 48.6 Å². The molecule has 2 aromatic carbocycles. The van der Waals surface area contributed by atoms with Crippen molar-refractivity contribution in [1.82, 2.24) is 0 Å². The predicted octanol–water partition coefficient (Wildman–Crippen LogP) is 7.52. The van der Waals surface area contributed by atoms with Crippen molar-refractivity contribution >= 4 is 0 Å². The molecule has 0 aliphatic heterocycles. The van der Waals surface area contributed by atoms with Gasteiger partial charge in [-0.1, -0.05) is 36.4 Å². The highest BCUT2D eigenvalue weighted by Crippen LogP contribution is 2.48. The van der Waals surface area contributed by atoms with Crippen molar-refractivity contribution in [1.29, 1.82) is 0 Å². The summed E-state index contributed by atoms with van der Waals surface area (Å²) in [7, 11) is 1.34. The van der Waals surface area contributed by atoms with E-state index in [0.29, 0.717) is 11.5 Å². The van der Waals surface area contributed by atoms with Crippen LogP contribution in [0, 0.1) is 29.4 Å². The van der Waals surface area contributed by atoms with E-state index in [1.807, 2.05) is 12.1 Å². The second-order valence-electron chi connectivity index (χ2n) is 8.69. The molecule has 0 spiro atoms. The van der Waals surface area contributed by atoms with Gasteiger partial charge in [0.05, 0.1) is 7.11 Å². The van der Waals surface area contributed by atoms with Crippen molar-refractivity contribution in [3.63, 3.8) is 0 Å². The Balaban J connectivity index is 1.46. The molecule has 29 heavy (non-hydrogen) atoms. The largest absolute Gasteiger partial charge is 0.494 e. The van der Waals surface area contributed by atoms with Gasteiger partial charge in [-0.15, -0.1) is 0 Å². The number of halogens is 2. The minimum atomic E-state index is -0.930. The molecule has 4 unspecified atom stereocenters. The van der Waals surface area contributed by atoms with E-state index in [1.165, 1.54) is 57.3 Å². The van der Waals surface area contributed by atoms with Crippen LogP contribution in [-0.4, -0.2) is 7.11 Å². The molecule has 2 aromatic rings. The average Bonchev–Trinajstić information content (AvgIpc) is 2.76. The van der Waals surface area contributed by atoms with Crippen LogP contribution >= 0.6 is 0 Å². The standard InChI is InChI=1S/C26H30F2O/c1-3-4-17-5-6-22-16-21(12-11-20(22)15-17)18-7-9-19(10-8-18)23-13-14-24(29-2)26(28)25(23)27/h3-4,7-10,13-14,17,20-22H,5-6,11-12,15-16H2,1-2H3/b4-3+. The van der Waals surface area contributed by atoms with Gasteiger partial charge >= 0.3 is 0 Å². The molecule has 4 rings (SSSR count). The second kappa shape index (κ2) is 8.69. The molecule has 3 heteroatoms. The number of benzene rings is 2. The van der Waals surface area contributed by atoms with Gasteiger partial charge in [-0.3, -0.25) is 0 Å². The van der Waals surface area contributed by atoms with E-state index in [9.17, 15) is 8.78 Å². The van der Waals surface area contributed by atoms with E-state index in [-0.39, 0.29) is 11.3 Å². The SMILES string of the molecule is C/C=C/C1CCC2CC(c3ccc(-c4ccc(OC)c(F)c4F)cc3)CCC2C1. The zero-order chi connectivity index (χ0) is 20.4. The minimum Gasteiger partial charge on any atom is -0.494 e. The molecule has 0 amide bonds. The van der Waals surface area contributed by atoms with Gasteiger partial charge in [0.25, 0.3) is 0 Å². The smallest absolute Gasteiger partial charge is 0.201 e. The Kier molecular flexibility index (Phi) is 6.03. The van der Waals surface area contributed by atoms with Crippen LogP contribution in [-0.2, 0) is 0 Å². The zero-order valence-electron chi connectivity index (χ0n) is 17.3. The van der Waals surface area contributed by atoms with Crippen molar-refractivity contribution in [3.05, 3.63) is 65.7 Å². The van der Waals surface area contributed by atoms with Gasteiger partial charge in [0, 0.05) is 5.56 Å². The van der Waals surface area contributed by atoms with Gasteiger partial charge in [-0.25, -0.2) is 4.39 Å². The Bertz CT molecular complexity index is 871. The summed E-state index contributed by atoms with van der Waals surface area (Å²) >= 11 is 0. The summed E-state index contributed by atoms with van der Waals surface area (Å²) in [4.78, 5) is 0. The molecule has 0 heterocycles. The Morgan fingerprint density at radius 3 is 2.31 bits per heavy atom. The maximum atomic E-state index is 14.4. The Morgan fingerprint density at radius 1 is 0.862 bits per heavy atom. The number of hydrogen-bond acceptors (Lipinski definition) is 1. The molecule has 4 atom stereocenters. The lowest BCUT2D eigenvalue weighted by molar-refractivity contribution is 0.133. The summed E-state index contributed by atoms with van der Waals surface area (Å²) in [6, 6.07) is 11.1. The Hall–Kier alpha value is -2.16. The molecule has 0 bridgehead atoms. The van der Waals surface area contributed by atoms with Crippen LogP contribution in [0.2, 0.25) is 0 Å². The lowest BCUT2D eigenvalue weighted by Gasteiger charge is -2.41. The second-order valence-corrected chi connectivity index (χ2v) is 8.69. The molecule has 0 aromatic heterocycles. The molecule has 0 saturated heterocycles. The third-order valence-corrected chi connectivity index (χ3v) is 7.08. The molecule has 2 fully saturated rings. The molecule has 2 saturated carbocycles. The number of fused-ring (bicyclic) bond motifs is 1. The Morgan fingerprint density at radius 2 is 1.59 bits per heavy atom. The maximum Gasteiger partial charge on any atom is 0.201 e. The molecule has 2 aliphatic rings. The highest BCUT2D eigenvalue weighted by molar-refractivity contribution is 5.65. The summed E-state index contributed by atoms with van der Waals surface area (Å²) in [5.74, 6) is 1.22. The molecule has 1 nitrogen and oxygen atoms in total. The zero-order valence-corrected chi connectivity index (χ0v) is 17.3. The van der Waals surface area contributed by atoms with Crippen LogP contribution in [0.1, 0.15) is 56.9 Å². The fourth-order valence-electron chi connectivity index (χ4n) is 5.52. The van der Waals surface area contributed by atoms with Gasteiger partial charge in [0.1, 0.15) is 0 Å². The lowest BCUT2D eigenvalue weighted by atomic mass is 9.64. The summed E-state index contributed by atoms with van der Waals surface area (Å²) in [5.41, 5.74) is 2.31. The third kappa shape index (κ3) is 4.10. The van der Waals surface area contributed by atoms with E-state index in [2.05, 4.69) is 31.2 Å². The first kappa shape index (κ1) is 20.1. The van der Waals surface area contributed by atoms with Crippen molar-refractivity contribution < 1.29 is 13.5 Å². The number of methoxy groups -OCH3 is 1. The van der Waals surface area contributed by atoms with E-state index in [0.717, 1.165) is 17.8 Å². The van der Waals surface area contributed by atoms with Crippen LogP contribution in [0.25, 0.3) is 11.1 Å². The van der Waals surface area contributed by atoms with Crippen molar-refractivity contribution in [3.8, 4) is 16.9 Å². The topological polar surface area (TPSA) is 9.23 Å². The third-order valence-electron chi connectivity index (χ3n) is 7.08. The van der Waals surface area contributed by atoms with E-state index in [4.69, 9.17) is 4.74 Å². The fraction of sp³-hybridized carbons (Fsp3) is 0.462. The highest BCUT2D eigenvalue weighted by atomic mass is 19.2. The average molecular weight is 397 g/mol. The van der Waals surface area contributed by atoms with Gasteiger partial charge in [-0.2, -0.15) is 4.39 Å². The normalized spacial score (nSPS) is 27.0. The lowest BCUT2D eigenvalue weighted by Crippen LogP contribution is -2.30. The van der Waals surface area contributed by atoms with Crippen LogP contribution in [0.3, 0.4) is 0 Å². The van der Waals surface area contributed by atoms with E-state index < -0.39 is 11.6 Å². The van der Waals surface area contributed by atoms with Crippen molar-refractivity contribution in [2.24, 2.45) is 17.8 Å². The van der Waals surface area contributed by atoms with Crippen molar-refractivity contribution in [2.45, 2.75) is 51.4 Å². The monoisotopic (exact) mass is 396 g/mol. The van der Waals surface area contributed by atoms with Crippen LogP contribution < -0.4 is 4.74 Å². The van der Waals surface area contributed by atoms with Crippen LogP contribution in [0.5, 0.6) is 5.75 Å². The van der Waals surface area contributed by atoms with E-state index in [1.54, 1.807) is 6.07 Å². The van der Waals surface area contributed by atoms with Gasteiger partial charge < -0.3 is 4.74 Å². The summed E-state index contributed by atoms with van der Waals surface area (Å²) in [5, 5.41) is 0. The fourth-order valence-corrected chi connectivity index (χ4v) is 5.52. The molecule has 2 aliphatic carbocycles. The minimum absolute atomic E-state index is 0.0659. The van der Waals surface area contributed by atoms with Gasteiger partial charge in [-0.05, 0) is 92.4 Å². The first-order valence-corrected chi connectivity index (χ1v) is 10.9. The predicted molar refractivity (Wildman–Crippen MR) is 114 cm³/mol. The quantitative estimate of drug-likeness (QED) is 0.486. The number of rotatable bonds is 4. The first-order valence-electron chi connectivity index (χ1n) is 10.9. The van der Waals surface area contributed by atoms with Gasteiger partial charge in [0.15, 0.2) is 11.6 Å². The summed E-state index contributed by atoms with van der Waals surface area (Å²) < 4.78 is 33.3. The van der Waals surface area contributed by atoms with Gasteiger partial charge in [0.2, 0.25) is 5.82 Å².